The standard InChI is InChI=1S/C24H31N5O/c1-2-29-13-5-6-17(29)15-27-24(30)16-8-9-20-19(14-16)22-18(10-12-26-22)23(28-20)21-7-3-4-11-25-21/h3-4,7-9,11,14,17-18,22-23,26,28H,2,5-6,10,12-13,15H2,1H3,(H,27,30)/t17?,18-,22+,23?/m1/s1. The Morgan fingerprint density at radius 1 is 1.23 bits per heavy atom. The molecule has 158 valence electrons. The van der Waals surface area contributed by atoms with Crippen molar-refractivity contribution in [2.75, 3.05) is 31.5 Å². The monoisotopic (exact) mass is 405 g/mol. The second kappa shape index (κ2) is 8.36. The lowest BCUT2D eigenvalue weighted by Crippen LogP contribution is -2.40. The summed E-state index contributed by atoms with van der Waals surface area (Å²) in [7, 11) is 0. The van der Waals surface area contributed by atoms with Crippen LogP contribution in [-0.4, -0.2) is 48.0 Å². The molecule has 1 aromatic heterocycles. The molecule has 3 N–H and O–H groups in total. The van der Waals surface area contributed by atoms with Gasteiger partial charge < -0.3 is 16.0 Å². The van der Waals surface area contributed by atoms with Gasteiger partial charge in [-0.1, -0.05) is 13.0 Å². The van der Waals surface area contributed by atoms with Gasteiger partial charge in [-0.25, -0.2) is 0 Å². The molecule has 2 fully saturated rings. The molecule has 5 rings (SSSR count). The number of nitrogens with zero attached hydrogens (tertiary/aromatic N) is 2. The molecule has 0 spiro atoms. The molecule has 3 aliphatic heterocycles. The van der Waals surface area contributed by atoms with E-state index in [1.54, 1.807) is 0 Å². The van der Waals surface area contributed by atoms with Gasteiger partial charge in [-0.05, 0) is 74.8 Å². The number of likely N-dealkylation sites (N-methyl/N-ethyl adjacent to an activating group) is 1. The zero-order valence-corrected chi connectivity index (χ0v) is 17.6. The highest BCUT2D eigenvalue weighted by Crippen LogP contribution is 2.46. The number of rotatable bonds is 5. The second-order valence-corrected chi connectivity index (χ2v) is 8.70. The molecule has 4 atom stereocenters. The fourth-order valence-electron chi connectivity index (χ4n) is 5.50. The third-order valence-electron chi connectivity index (χ3n) is 7.07. The van der Waals surface area contributed by atoms with Crippen LogP contribution in [0.15, 0.2) is 42.6 Å². The largest absolute Gasteiger partial charge is 0.376 e. The van der Waals surface area contributed by atoms with Gasteiger partial charge in [-0.2, -0.15) is 0 Å². The summed E-state index contributed by atoms with van der Waals surface area (Å²) in [6, 6.07) is 13.1. The smallest absolute Gasteiger partial charge is 0.251 e. The van der Waals surface area contributed by atoms with Gasteiger partial charge in [0.25, 0.3) is 5.91 Å². The first-order valence-electron chi connectivity index (χ1n) is 11.3. The minimum Gasteiger partial charge on any atom is -0.376 e. The number of fused-ring (bicyclic) bond motifs is 3. The van der Waals surface area contributed by atoms with Gasteiger partial charge in [-0.3, -0.25) is 14.7 Å². The lowest BCUT2D eigenvalue weighted by molar-refractivity contribution is 0.0941. The molecule has 0 bridgehead atoms. The Kier molecular flexibility index (Phi) is 5.44. The van der Waals surface area contributed by atoms with Crippen molar-refractivity contribution in [3.63, 3.8) is 0 Å². The van der Waals surface area contributed by atoms with Crippen molar-refractivity contribution in [1.82, 2.24) is 20.5 Å². The predicted octanol–water partition coefficient (Wildman–Crippen LogP) is 3.11. The van der Waals surface area contributed by atoms with Gasteiger partial charge in [0.05, 0.1) is 11.7 Å². The average Bonchev–Trinajstić information content (AvgIpc) is 3.46. The van der Waals surface area contributed by atoms with Crippen LogP contribution in [0.25, 0.3) is 0 Å². The number of hydrogen-bond donors (Lipinski definition) is 3. The van der Waals surface area contributed by atoms with E-state index in [0.29, 0.717) is 12.0 Å². The van der Waals surface area contributed by atoms with Crippen LogP contribution in [0.4, 0.5) is 5.69 Å². The Labute approximate surface area is 178 Å². The summed E-state index contributed by atoms with van der Waals surface area (Å²) in [5, 5.41) is 10.5. The minimum absolute atomic E-state index is 0.0298. The molecular weight excluding hydrogens is 374 g/mol. The molecule has 6 nitrogen and oxygen atoms in total. The van der Waals surface area contributed by atoms with Crippen molar-refractivity contribution >= 4 is 11.6 Å². The van der Waals surface area contributed by atoms with E-state index in [9.17, 15) is 4.79 Å². The summed E-state index contributed by atoms with van der Waals surface area (Å²) in [5.41, 5.74) is 4.14. The van der Waals surface area contributed by atoms with Crippen molar-refractivity contribution in [1.29, 1.82) is 0 Å². The van der Waals surface area contributed by atoms with Crippen LogP contribution in [0.2, 0.25) is 0 Å². The van der Waals surface area contributed by atoms with Gasteiger partial charge >= 0.3 is 0 Å². The minimum atomic E-state index is 0.0298. The number of amides is 1. The van der Waals surface area contributed by atoms with Gasteiger partial charge in [0, 0.05) is 42.0 Å². The maximum Gasteiger partial charge on any atom is 0.251 e. The van der Waals surface area contributed by atoms with Gasteiger partial charge in [-0.15, -0.1) is 0 Å². The lowest BCUT2D eigenvalue weighted by Gasteiger charge is -2.37. The maximum atomic E-state index is 12.9. The second-order valence-electron chi connectivity index (χ2n) is 8.70. The van der Waals surface area contributed by atoms with E-state index in [1.165, 1.54) is 18.4 Å². The number of likely N-dealkylation sites (tertiary alicyclic amines) is 1. The summed E-state index contributed by atoms with van der Waals surface area (Å²) in [6.45, 7) is 6.11. The summed E-state index contributed by atoms with van der Waals surface area (Å²) in [5.74, 6) is 0.462. The van der Waals surface area contributed by atoms with E-state index >= 15 is 0 Å². The van der Waals surface area contributed by atoms with Crippen LogP contribution in [0, 0.1) is 5.92 Å². The normalized spacial score (nSPS) is 27.9. The number of pyridine rings is 1. The Morgan fingerprint density at radius 2 is 2.17 bits per heavy atom. The topological polar surface area (TPSA) is 69.3 Å². The number of anilines is 1. The number of carbonyl (C=O) groups excluding carboxylic acids is 1. The summed E-state index contributed by atoms with van der Waals surface area (Å²) in [4.78, 5) is 19.9. The highest BCUT2D eigenvalue weighted by molar-refractivity contribution is 5.95. The molecule has 0 aliphatic carbocycles. The van der Waals surface area contributed by atoms with E-state index < -0.39 is 0 Å². The molecule has 0 saturated carbocycles. The number of hydrogen-bond acceptors (Lipinski definition) is 5. The third kappa shape index (κ3) is 3.59. The fraction of sp³-hybridized carbons (Fsp3) is 0.500. The first-order valence-corrected chi connectivity index (χ1v) is 11.3. The van der Waals surface area contributed by atoms with Crippen LogP contribution in [0.3, 0.4) is 0 Å². The van der Waals surface area contributed by atoms with Crippen molar-refractivity contribution in [2.24, 2.45) is 5.92 Å². The first-order chi connectivity index (χ1) is 14.7. The fourth-order valence-corrected chi connectivity index (χ4v) is 5.50. The molecule has 30 heavy (non-hydrogen) atoms. The van der Waals surface area contributed by atoms with E-state index in [-0.39, 0.29) is 18.0 Å². The molecule has 2 aromatic rings. The number of carbonyl (C=O) groups is 1. The SMILES string of the molecule is CCN1CCCC1CNC(=O)c1ccc2c(c1)[C@H]1NCC[C@H]1C(c1ccccn1)N2. The first kappa shape index (κ1) is 19.5. The molecule has 2 saturated heterocycles. The molecule has 1 amide bonds. The average molecular weight is 406 g/mol. The van der Waals surface area contributed by atoms with Crippen LogP contribution in [-0.2, 0) is 0 Å². The van der Waals surface area contributed by atoms with Crippen LogP contribution in [0.5, 0.6) is 0 Å². The number of nitrogens with one attached hydrogen (secondary N) is 3. The van der Waals surface area contributed by atoms with Crippen LogP contribution < -0.4 is 16.0 Å². The quantitative estimate of drug-likeness (QED) is 0.713. The highest BCUT2D eigenvalue weighted by Gasteiger charge is 2.41. The number of aromatic nitrogens is 1. The van der Waals surface area contributed by atoms with E-state index in [1.807, 2.05) is 24.4 Å². The zero-order valence-electron chi connectivity index (χ0n) is 17.6. The van der Waals surface area contributed by atoms with E-state index in [0.717, 1.165) is 49.5 Å². The predicted molar refractivity (Wildman–Crippen MR) is 118 cm³/mol. The zero-order chi connectivity index (χ0) is 20.5. The Hall–Kier alpha value is -2.44. The number of benzene rings is 1. The van der Waals surface area contributed by atoms with Crippen LogP contribution >= 0.6 is 0 Å². The van der Waals surface area contributed by atoms with Gasteiger partial charge in [0.15, 0.2) is 0 Å². The molecule has 1 aromatic carbocycles. The van der Waals surface area contributed by atoms with Gasteiger partial charge in [0.1, 0.15) is 0 Å². The van der Waals surface area contributed by atoms with E-state index in [2.05, 4.69) is 51.0 Å². The summed E-state index contributed by atoms with van der Waals surface area (Å²) >= 11 is 0. The Morgan fingerprint density at radius 3 is 3.00 bits per heavy atom. The van der Waals surface area contributed by atoms with Gasteiger partial charge in [0.2, 0.25) is 0 Å². The molecule has 4 heterocycles. The molecule has 3 aliphatic rings. The Balaban J connectivity index is 1.34. The Bertz CT molecular complexity index is 902. The van der Waals surface area contributed by atoms with Crippen molar-refractivity contribution in [3.8, 4) is 0 Å². The molecule has 2 unspecified atom stereocenters. The van der Waals surface area contributed by atoms with E-state index in [4.69, 9.17) is 0 Å². The van der Waals surface area contributed by atoms with Crippen LogP contribution in [0.1, 0.15) is 59.9 Å². The maximum absolute atomic E-state index is 12.9. The third-order valence-corrected chi connectivity index (χ3v) is 7.07. The molecule has 0 radical (unpaired) electrons. The molecule has 6 heteroatoms. The highest BCUT2D eigenvalue weighted by atomic mass is 16.1. The lowest BCUT2D eigenvalue weighted by atomic mass is 9.81. The van der Waals surface area contributed by atoms with Crippen molar-refractivity contribution < 1.29 is 4.79 Å². The summed E-state index contributed by atoms with van der Waals surface area (Å²) in [6.07, 6.45) is 5.36. The molecular formula is C24H31N5O. The van der Waals surface area contributed by atoms with Crippen molar-refractivity contribution in [3.05, 3.63) is 59.4 Å². The summed E-state index contributed by atoms with van der Waals surface area (Å²) < 4.78 is 0. The van der Waals surface area contributed by atoms with Crippen molar-refractivity contribution in [2.45, 2.75) is 44.3 Å².